The molecule has 0 spiro atoms. The summed E-state index contributed by atoms with van der Waals surface area (Å²) in [5, 5.41) is 6.74. The van der Waals surface area contributed by atoms with Crippen molar-refractivity contribution in [2.75, 3.05) is 46.8 Å². The third kappa shape index (κ3) is 9.33. The van der Waals surface area contributed by atoms with E-state index in [4.69, 9.17) is 0 Å². The van der Waals surface area contributed by atoms with Gasteiger partial charge in [0, 0.05) is 32.7 Å². The molecule has 1 saturated heterocycles. The van der Waals surface area contributed by atoms with E-state index in [1.807, 2.05) is 24.3 Å². The molecule has 0 aliphatic carbocycles. The van der Waals surface area contributed by atoms with E-state index in [0.29, 0.717) is 12.1 Å². The minimum Gasteiger partial charge on any atom is -0.357 e. The Kier molecular flexibility index (Phi) is 12.2. The van der Waals surface area contributed by atoms with E-state index < -0.39 is 0 Å². The van der Waals surface area contributed by atoms with Gasteiger partial charge in [-0.25, -0.2) is 4.99 Å². The molecule has 1 fully saturated rings. The molecule has 2 N–H and O–H groups in total. The number of hydrogen-bond donors (Lipinski definition) is 2. The van der Waals surface area contributed by atoms with E-state index in [1.165, 1.54) is 25.9 Å². The Bertz CT molecular complexity index is 625. The fourth-order valence-corrected chi connectivity index (χ4v) is 3.32. The van der Waals surface area contributed by atoms with Gasteiger partial charge in [-0.15, -0.1) is 24.0 Å². The largest absolute Gasteiger partial charge is 0.357 e. The average Bonchev–Trinajstić information content (AvgIpc) is 2.70. The van der Waals surface area contributed by atoms with Crippen LogP contribution >= 0.6 is 24.0 Å². The summed E-state index contributed by atoms with van der Waals surface area (Å²) in [6.45, 7) is 10.4. The lowest BCUT2D eigenvalue weighted by Gasteiger charge is -2.30. The third-order valence-corrected chi connectivity index (χ3v) is 5.19. The summed E-state index contributed by atoms with van der Waals surface area (Å²) in [4.78, 5) is 20.8. The zero-order valence-corrected chi connectivity index (χ0v) is 20.7. The van der Waals surface area contributed by atoms with Gasteiger partial charge in [-0.2, -0.15) is 0 Å². The molecular weight excluding hydrogens is 477 g/mol. The Morgan fingerprint density at radius 3 is 2.41 bits per heavy atom. The normalized spacial score (nSPS) is 15.5. The second-order valence-electron chi connectivity index (χ2n) is 7.90. The molecule has 0 atom stereocenters. The van der Waals surface area contributed by atoms with Gasteiger partial charge in [0.05, 0.1) is 6.54 Å². The molecule has 0 radical (unpaired) electrons. The van der Waals surface area contributed by atoms with Gasteiger partial charge in [0.2, 0.25) is 0 Å². The lowest BCUT2D eigenvalue weighted by molar-refractivity contribution is 0.0827. The Labute approximate surface area is 193 Å². The molecule has 1 aliphatic heterocycles. The molecule has 29 heavy (non-hydrogen) atoms. The highest BCUT2D eigenvalue weighted by Gasteiger charge is 2.14. The Morgan fingerprint density at radius 1 is 1.17 bits per heavy atom. The highest BCUT2D eigenvalue weighted by atomic mass is 127. The zero-order chi connectivity index (χ0) is 20.4. The molecular formula is C22H38IN5O. The summed E-state index contributed by atoms with van der Waals surface area (Å²) in [6, 6.07) is 7.68. The first-order valence-electron chi connectivity index (χ1n) is 10.5. The van der Waals surface area contributed by atoms with Gasteiger partial charge in [-0.3, -0.25) is 4.79 Å². The summed E-state index contributed by atoms with van der Waals surface area (Å²) in [5.74, 6) is 1.76. The van der Waals surface area contributed by atoms with Crippen LogP contribution in [0.1, 0.15) is 49.0 Å². The Morgan fingerprint density at radius 2 is 1.83 bits per heavy atom. The van der Waals surface area contributed by atoms with Crippen LogP contribution in [0.25, 0.3) is 0 Å². The van der Waals surface area contributed by atoms with Gasteiger partial charge in [0.1, 0.15) is 0 Å². The minimum atomic E-state index is 0. The van der Waals surface area contributed by atoms with E-state index in [-0.39, 0.29) is 29.9 Å². The van der Waals surface area contributed by atoms with Gasteiger partial charge >= 0.3 is 0 Å². The van der Waals surface area contributed by atoms with Crippen molar-refractivity contribution in [2.45, 2.75) is 39.7 Å². The van der Waals surface area contributed by atoms with Gasteiger partial charge in [-0.05, 0) is 69.4 Å². The number of benzene rings is 1. The fourth-order valence-electron chi connectivity index (χ4n) is 3.32. The van der Waals surface area contributed by atoms with Crippen LogP contribution in [0, 0.1) is 5.92 Å². The van der Waals surface area contributed by atoms with E-state index >= 15 is 0 Å². The number of guanidine groups is 1. The van der Waals surface area contributed by atoms with Crippen LogP contribution in [-0.4, -0.2) is 68.5 Å². The van der Waals surface area contributed by atoms with Crippen molar-refractivity contribution in [3.63, 3.8) is 0 Å². The van der Waals surface area contributed by atoms with Crippen LogP contribution < -0.4 is 10.6 Å². The predicted molar refractivity (Wildman–Crippen MR) is 132 cm³/mol. The SMILES string of the molecule is CCNC(=NCc1ccc(C(=O)N(C)C)cc1)NCCCN1CCC(C)CC1.I. The lowest BCUT2D eigenvalue weighted by atomic mass is 9.99. The Balaban J connectivity index is 0.00000420. The summed E-state index contributed by atoms with van der Waals surface area (Å²) in [7, 11) is 3.53. The first-order chi connectivity index (χ1) is 13.5. The Hall–Kier alpha value is -1.35. The summed E-state index contributed by atoms with van der Waals surface area (Å²) >= 11 is 0. The molecule has 164 valence electrons. The number of piperidine rings is 1. The molecule has 0 unspecified atom stereocenters. The van der Waals surface area contributed by atoms with Gasteiger partial charge in [0.15, 0.2) is 5.96 Å². The maximum Gasteiger partial charge on any atom is 0.253 e. The average molecular weight is 515 g/mol. The maximum absolute atomic E-state index is 12.0. The third-order valence-electron chi connectivity index (χ3n) is 5.19. The smallest absolute Gasteiger partial charge is 0.253 e. The van der Waals surface area contributed by atoms with Crippen molar-refractivity contribution < 1.29 is 4.79 Å². The monoisotopic (exact) mass is 515 g/mol. The van der Waals surface area contributed by atoms with E-state index in [0.717, 1.165) is 43.5 Å². The maximum atomic E-state index is 12.0. The number of carbonyl (C=O) groups excluding carboxylic acids is 1. The van der Waals surface area contributed by atoms with Crippen molar-refractivity contribution in [3.05, 3.63) is 35.4 Å². The van der Waals surface area contributed by atoms with Crippen molar-refractivity contribution >= 4 is 35.8 Å². The van der Waals surface area contributed by atoms with Crippen LogP contribution in [0.5, 0.6) is 0 Å². The number of likely N-dealkylation sites (tertiary alicyclic amines) is 1. The molecule has 1 amide bonds. The summed E-state index contributed by atoms with van der Waals surface area (Å²) in [6.07, 6.45) is 3.78. The van der Waals surface area contributed by atoms with Crippen LogP contribution in [-0.2, 0) is 6.54 Å². The summed E-state index contributed by atoms with van der Waals surface area (Å²) < 4.78 is 0. The summed E-state index contributed by atoms with van der Waals surface area (Å²) in [5.41, 5.74) is 1.80. The minimum absolute atomic E-state index is 0. The molecule has 1 aromatic rings. The standard InChI is InChI=1S/C22H37N5O.HI/c1-5-23-22(24-13-6-14-27-15-11-18(2)12-16-27)25-17-19-7-9-20(10-8-19)21(28)26(3)4;/h7-10,18H,5-6,11-17H2,1-4H3,(H2,23,24,25);1H. The fraction of sp³-hybridized carbons (Fsp3) is 0.636. The van der Waals surface area contributed by atoms with Crippen molar-refractivity contribution in [1.82, 2.24) is 20.4 Å². The highest BCUT2D eigenvalue weighted by molar-refractivity contribution is 14.0. The quantitative estimate of drug-likeness (QED) is 0.242. The molecule has 1 aromatic carbocycles. The molecule has 0 aromatic heterocycles. The zero-order valence-electron chi connectivity index (χ0n) is 18.4. The number of hydrogen-bond acceptors (Lipinski definition) is 3. The number of halogens is 1. The molecule has 0 saturated carbocycles. The van der Waals surface area contributed by atoms with Gasteiger partial charge in [-0.1, -0.05) is 19.1 Å². The molecule has 7 heteroatoms. The molecule has 1 heterocycles. The highest BCUT2D eigenvalue weighted by Crippen LogP contribution is 2.15. The number of carbonyl (C=O) groups is 1. The molecule has 2 rings (SSSR count). The van der Waals surface area contributed by atoms with Gasteiger partial charge < -0.3 is 20.4 Å². The number of rotatable bonds is 8. The molecule has 0 bridgehead atoms. The number of aliphatic imine (C=N–C) groups is 1. The second kappa shape index (κ2) is 13.8. The van der Waals surface area contributed by atoms with Gasteiger partial charge in [0.25, 0.3) is 5.91 Å². The first kappa shape index (κ1) is 25.7. The predicted octanol–water partition coefficient (Wildman–Crippen LogP) is 3.18. The van der Waals surface area contributed by atoms with Crippen LogP contribution in [0.15, 0.2) is 29.3 Å². The number of nitrogens with zero attached hydrogens (tertiary/aromatic N) is 3. The lowest BCUT2D eigenvalue weighted by Crippen LogP contribution is -2.39. The molecule has 6 nitrogen and oxygen atoms in total. The topological polar surface area (TPSA) is 60.0 Å². The van der Waals surface area contributed by atoms with Crippen molar-refractivity contribution in [2.24, 2.45) is 10.9 Å². The number of nitrogens with one attached hydrogen (secondary N) is 2. The van der Waals surface area contributed by atoms with Crippen LogP contribution in [0.3, 0.4) is 0 Å². The second-order valence-corrected chi connectivity index (χ2v) is 7.90. The van der Waals surface area contributed by atoms with E-state index in [1.54, 1.807) is 19.0 Å². The van der Waals surface area contributed by atoms with Crippen LogP contribution in [0.4, 0.5) is 0 Å². The van der Waals surface area contributed by atoms with Crippen molar-refractivity contribution in [3.8, 4) is 0 Å². The van der Waals surface area contributed by atoms with E-state index in [2.05, 4.69) is 34.4 Å². The van der Waals surface area contributed by atoms with Crippen LogP contribution in [0.2, 0.25) is 0 Å². The van der Waals surface area contributed by atoms with Crippen molar-refractivity contribution in [1.29, 1.82) is 0 Å². The van der Waals surface area contributed by atoms with E-state index in [9.17, 15) is 4.79 Å². The molecule has 1 aliphatic rings. The first-order valence-corrected chi connectivity index (χ1v) is 10.5. The number of amides is 1.